The molecule has 0 atom stereocenters. The average Bonchev–Trinajstić information content (AvgIpc) is 3.17. The van der Waals surface area contributed by atoms with E-state index >= 15 is 0 Å². The number of nitrogens with zero attached hydrogens (tertiary/aromatic N) is 1. The van der Waals surface area contributed by atoms with Gasteiger partial charge in [-0.15, -0.1) is 11.3 Å². The van der Waals surface area contributed by atoms with E-state index < -0.39 is 5.54 Å². The third kappa shape index (κ3) is 2.90. The number of carbonyl (C=O) groups excluding carboxylic acids is 2. The fourth-order valence-electron chi connectivity index (χ4n) is 3.35. The van der Waals surface area contributed by atoms with E-state index in [9.17, 15) is 9.59 Å². The summed E-state index contributed by atoms with van der Waals surface area (Å²) in [4.78, 5) is 27.2. The van der Waals surface area contributed by atoms with Crippen LogP contribution < -0.4 is 10.6 Å². The second-order valence-electron chi connectivity index (χ2n) is 6.23. The molecule has 0 aromatic carbocycles. The van der Waals surface area contributed by atoms with E-state index in [1.54, 1.807) is 11.3 Å². The molecule has 2 fully saturated rings. The van der Waals surface area contributed by atoms with Gasteiger partial charge in [0.25, 0.3) is 5.91 Å². The predicted molar refractivity (Wildman–Crippen MR) is 86.8 cm³/mol. The lowest BCUT2D eigenvalue weighted by Crippen LogP contribution is -2.44. The van der Waals surface area contributed by atoms with Gasteiger partial charge in [0.2, 0.25) is 0 Å². The molecule has 1 saturated carbocycles. The largest absolute Gasteiger partial charge is 0.325 e. The van der Waals surface area contributed by atoms with Crippen LogP contribution in [0.3, 0.4) is 0 Å². The fourth-order valence-corrected chi connectivity index (χ4v) is 4.22. The Morgan fingerprint density at radius 3 is 2.82 bits per heavy atom. The van der Waals surface area contributed by atoms with Gasteiger partial charge >= 0.3 is 6.03 Å². The van der Waals surface area contributed by atoms with Gasteiger partial charge in [0.1, 0.15) is 5.54 Å². The maximum Gasteiger partial charge on any atom is 0.325 e. The van der Waals surface area contributed by atoms with Crippen LogP contribution in [-0.2, 0) is 11.3 Å². The lowest BCUT2D eigenvalue weighted by molar-refractivity contribution is -0.131. The molecule has 0 bridgehead atoms. The number of rotatable bonds is 6. The van der Waals surface area contributed by atoms with Crippen LogP contribution in [0.25, 0.3) is 0 Å². The number of thiophene rings is 1. The quantitative estimate of drug-likeness (QED) is 0.625. The number of nitrogens with one attached hydrogen (secondary N) is 2. The highest BCUT2D eigenvalue weighted by Gasteiger charge is 2.51. The van der Waals surface area contributed by atoms with Gasteiger partial charge in [-0.25, -0.2) is 4.79 Å². The molecule has 1 aromatic rings. The molecule has 1 aliphatic carbocycles. The first kappa shape index (κ1) is 15.5. The summed E-state index contributed by atoms with van der Waals surface area (Å²) in [7, 11) is 0. The van der Waals surface area contributed by atoms with E-state index in [1.807, 2.05) is 0 Å². The minimum absolute atomic E-state index is 0.0101. The summed E-state index contributed by atoms with van der Waals surface area (Å²) in [5, 5.41) is 8.40. The van der Waals surface area contributed by atoms with Gasteiger partial charge in [0, 0.05) is 18.0 Å². The Kier molecular flexibility index (Phi) is 4.49. The van der Waals surface area contributed by atoms with Crippen molar-refractivity contribution in [3.63, 3.8) is 0 Å². The second-order valence-corrected chi connectivity index (χ2v) is 7.23. The SMILES string of the molecule is Cc1ccsc1CNCCCN1C(=O)NC2(CCCC2)C1=O. The van der Waals surface area contributed by atoms with E-state index in [2.05, 4.69) is 29.0 Å². The zero-order valence-corrected chi connectivity index (χ0v) is 13.8. The van der Waals surface area contributed by atoms with Crippen LogP contribution in [0, 0.1) is 6.92 Å². The number of urea groups is 1. The highest BCUT2D eigenvalue weighted by atomic mass is 32.1. The van der Waals surface area contributed by atoms with Crippen molar-refractivity contribution in [2.75, 3.05) is 13.1 Å². The van der Waals surface area contributed by atoms with Gasteiger partial charge in [-0.05, 0) is 49.7 Å². The third-order valence-electron chi connectivity index (χ3n) is 4.69. The summed E-state index contributed by atoms with van der Waals surface area (Å²) < 4.78 is 0. The summed E-state index contributed by atoms with van der Waals surface area (Å²) in [6.07, 6.45) is 4.44. The van der Waals surface area contributed by atoms with E-state index in [4.69, 9.17) is 0 Å². The lowest BCUT2D eigenvalue weighted by atomic mass is 9.98. The number of carbonyl (C=O) groups is 2. The Hall–Kier alpha value is -1.40. The molecule has 0 radical (unpaired) electrons. The topological polar surface area (TPSA) is 61.4 Å². The third-order valence-corrected chi connectivity index (χ3v) is 5.71. The molecular weight excluding hydrogens is 298 g/mol. The molecule has 6 heteroatoms. The van der Waals surface area contributed by atoms with E-state index in [1.165, 1.54) is 15.3 Å². The first-order valence-corrected chi connectivity index (χ1v) is 8.88. The number of aryl methyl sites for hydroxylation is 1. The highest BCUT2D eigenvalue weighted by Crippen LogP contribution is 2.34. The summed E-state index contributed by atoms with van der Waals surface area (Å²) >= 11 is 1.76. The normalized spacial score (nSPS) is 20.1. The Labute approximate surface area is 135 Å². The predicted octanol–water partition coefficient (Wildman–Crippen LogP) is 2.40. The molecule has 1 aliphatic heterocycles. The number of imide groups is 1. The molecule has 1 aromatic heterocycles. The minimum Gasteiger partial charge on any atom is -0.323 e. The van der Waals surface area contributed by atoms with Crippen LogP contribution in [-0.4, -0.2) is 35.5 Å². The van der Waals surface area contributed by atoms with Crippen LogP contribution in [0.4, 0.5) is 4.79 Å². The summed E-state index contributed by atoms with van der Waals surface area (Å²) in [6.45, 7) is 4.28. The molecular formula is C16H23N3O2S. The Bertz CT molecular complexity index is 563. The minimum atomic E-state index is -0.571. The van der Waals surface area contributed by atoms with Gasteiger partial charge in [0.05, 0.1) is 0 Å². The molecule has 3 rings (SSSR count). The maximum atomic E-state index is 12.5. The molecule has 1 spiro atoms. The summed E-state index contributed by atoms with van der Waals surface area (Å²) in [5.74, 6) is -0.0101. The van der Waals surface area contributed by atoms with Crippen molar-refractivity contribution in [1.82, 2.24) is 15.5 Å². The molecule has 0 unspecified atom stereocenters. The molecule has 120 valence electrons. The van der Waals surface area contributed by atoms with E-state index in [-0.39, 0.29) is 11.9 Å². The Balaban J connectivity index is 1.43. The van der Waals surface area contributed by atoms with Gasteiger partial charge in [-0.3, -0.25) is 9.69 Å². The van der Waals surface area contributed by atoms with Crippen LogP contribution in [0.5, 0.6) is 0 Å². The Morgan fingerprint density at radius 1 is 1.36 bits per heavy atom. The number of hydrogen-bond donors (Lipinski definition) is 2. The van der Waals surface area contributed by atoms with Crippen molar-refractivity contribution >= 4 is 23.3 Å². The lowest BCUT2D eigenvalue weighted by Gasteiger charge is -2.20. The van der Waals surface area contributed by atoms with Gasteiger partial charge in [-0.1, -0.05) is 12.8 Å². The Morgan fingerprint density at radius 2 is 2.14 bits per heavy atom. The van der Waals surface area contributed by atoms with Crippen molar-refractivity contribution < 1.29 is 9.59 Å². The maximum absolute atomic E-state index is 12.5. The molecule has 1 saturated heterocycles. The van der Waals surface area contributed by atoms with Gasteiger partial charge in [-0.2, -0.15) is 0 Å². The van der Waals surface area contributed by atoms with Crippen LogP contribution >= 0.6 is 11.3 Å². The zero-order valence-electron chi connectivity index (χ0n) is 13.0. The molecule has 22 heavy (non-hydrogen) atoms. The highest BCUT2D eigenvalue weighted by molar-refractivity contribution is 7.10. The van der Waals surface area contributed by atoms with Crippen molar-refractivity contribution in [3.05, 3.63) is 21.9 Å². The molecule has 2 heterocycles. The van der Waals surface area contributed by atoms with Crippen molar-refractivity contribution in [2.45, 2.75) is 51.1 Å². The van der Waals surface area contributed by atoms with Crippen molar-refractivity contribution in [3.8, 4) is 0 Å². The number of amides is 3. The van der Waals surface area contributed by atoms with Crippen molar-refractivity contribution in [2.24, 2.45) is 0 Å². The fraction of sp³-hybridized carbons (Fsp3) is 0.625. The monoisotopic (exact) mass is 321 g/mol. The van der Waals surface area contributed by atoms with Gasteiger partial charge in [0.15, 0.2) is 0 Å². The van der Waals surface area contributed by atoms with Gasteiger partial charge < -0.3 is 10.6 Å². The van der Waals surface area contributed by atoms with Crippen LogP contribution in [0.2, 0.25) is 0 Å². The van der Waals surface area contributed by atoms with Crippen LogP contribution in [0.15, 0.2) is 11.4 Å². The second kappa shape index (κ2) is 6.38. The van der Waals surface area contributed by atoms with E-state index in [0.717, 1.165) is 45.2 Å². The standard InChI is InChI=1S/C16H23N3O2S/c1-12-5-10-22-13(12)11-17-8-4-9-19-14(20)16(18-15(19)21)6-2-3-7-16/h5,10,17H,2-4,6-9,11H2,1H3,(H,18,21). The molecule has 3 amide bonds. The first-order valence-electron chi connectivity index (χ1n) is 8.00. The van der Waals surface area contributed by atoms with E-state index in [0.29, 0.717) is 6.54 Å². The average molecular weight is 321 g/mol. The molecule has 5 nitrogen and oxygen atoms in total. The summed E-state index contributed by atoms with van der Waals surface area (Å²) in [5.41, 5.74) is 0.744. The first-order chi connectivity index (χ1) is 10.6. The molecule has 2 aliphatic rings. The zero-order chi connectivity index (χ0) is 15.6. The van der Waals surface area contributed by atoms with Crippen molar-refractivity contribution in [1.29, 1.82) is 0 Å². The molecule has 2 N–H and O–H groups in total. The van der Waals surface area contributed by atoms with Crippen LogP contribution in [0.1, 0.15) is 42.5 Å². The summed E-state index contributed by atoms with van der Waals surface area (Å²) in [6, 6.07) is 1.91. The smallest absolute Gasteiger partial charge is 0.323 e. The number of hydrogen-bond acceptors (Lipinski definition) is 4.